The highest BCUT2D eigenvalue weighted by Gasteiger charge is 2.36. The third-order valence-corrected chi connectivity index (χ3v) is 5.10. The van der Waals surface area contributed by atoms with Crippen LogP contribution in [0.3, 0.4) is 0 Å². The molecule has 0 fully saturated rings. The summed E-state index contributed by atoms with van der Waals surface area (Å²) in [6.07, 6.45) is 0.147. The van der Waals surface area contributed by atoms with E-state index in [-0.39, 0.29) is 31.3 Å². The number of amides is 1. The van der Waals surface area contributed by atoms with E-state index in [9.17, 15) is 14.0 Å². The van der Waals surface area contributed by atoms with Gasteiger partial charge >= 0.3 is 5.97 Å². The lowest BCUT2D eigenvalue weighted by Crippen LogP contribution is -2.38. The van der Waals surface area contributed by atoms with Crippen LogP contribution >= 0.6 is 11.6 Å². The Morgan fingerprint density at radius 1 is 1.18 bits per heavy atom. The summed E-state index contributed by atoms with van der Waals surface area (Å²) in [4.78, 5) is 27.2. The van der Waals surface area contributed by atoms with Gasteiger partial charge in [0, 0.05) is 23.1 Å². The van der Waals surface area contributed by atoms with Crippen LogP contribution in [0.2, 0.25) is 5.02 Å². The molecule has 2 aromatic carbocycles. The number of nitrogens with zero attached hydrogens (tertiary/aromatic N) is 1. The zero-order valence-electron chi connectivity index (χ0n) is 15.7. The van der Waals surface area contributed by atoms with Crippen LogP contribution in [0.1, 0.15) is 37.3 Å². The number of allylic oxidation sites excluding steroid dienone is 1. The lowest BCUT2D eigenvalue weighted by molar-refractivity contribution is -0.140. The molecule has 3 rings (SSSR count). The average Bonchev–Trinajstić information content (AvgIpc) is 2.67. The lowest BCUT2D eigenvalue weighted by Gasteiger charge is -2.34. The van der Waals surface area contributed by atoms with Crippen molar-refractivity contribution in [2.24, 2.45) is 0 Å². The maximum absolute atomic E-state index is 13.2. The molecule has 0 spiro atoms. The molecule has 28 heavy (non-hydrogen) atoms. The lowest BCUT2D eigenvalue weighted by atomic mass is 9.83. The van der Waals surface area contributed by atoms with Crippen molar-refractivity contribution in [1.82, 2.24) is 4.90 Å². The summed E-state index contributed by atoms with van der Waals surface area (Å²) in [5, 5.41) is 0.585. The maximum atomic E-state index is 13.2. The van der Waals surface area contributed by atoms with Gasteiger partial charge in [0.2, 0.25) is 5.91 Å². The molecule has 0 saturated carbocycles. The zero-order valence-corrected chi connectivity index (χ0v) is 16.5. The average molecular weight is 402 g/mol. The molecule has 0 N–H and O–H groups in total. The Kier molecular flexibility index (Phi) is 6.15. The van der Waals surface area contributed by atoms with Gasteiger partial charge in [-0.3, -0.25) is 4.79 Å². The van der Waals surface area contributed by atoms with Crippen molar-refractivity contribution < 1.29 is 18.7 Å². The second-order valence-corrected chi connectivity index (χ2v) is 7.07. The molecule has 0 aromatic heterocycles. The molecule has 1 amide bonds. The predicted molar refractivity (Wildman–Crippen MR) is 105 cm³/mol. The molecule has 2 aromatic rings. The smallest absolute Gasteiger partial charge is 0.336 e. The van der Waals surface area contributed by atoms with Crippen LogP contribution in [0.5, 0.6) is 0 Å². The highest BCUT2D eigenvalue weighted by molar-refractivity contribution is 6.30. The van der Waals surface area contributed by atoms with E-state index >= 15 is 0 Å². The summed E-state index contributed by atoms with van der Waals surface area (Å²) in [7, 11) is 0. The van der Waals surface area contributed by atoms with Gasteiger partial charge in [-0.05, 0) is 49.2 Å². The third kappa shape index (κ3) is 4.25. The monoisotopic (exact) mass is 401 g/mol. The second-order valence-electron chi connectivity index (χ2n) is 6.63. The quantitative estimate of drug-likeness (QED) is 0.674. The fraction of sp³-hybridized carbons (Fsp3) is 0.273. The Balaban J connectivity index is 2.00. The highest BCUT2D eigenvalue weighted by Crippen LogP contribution is 2.38. The van der Waals surface area contributed by atoms with Gasteiger partial charge in [0.15, 0.2) is 0 Å². The van der Waals surface area contributed by atoms with Crippen LogP contribution in [-0.4, -0.2) is 23.4 Å². The molecule has 1 aliphatic heterocycles. The summed E-state index contributed by atoms with van der Waals surface area (Å²) in [6, 6.07) is 13.1. The molecule has 146 valence electrons. The number of ether oxygens (including phenoxy) is 1. The molecule has 1 unspecified atom stereocenters. The first-order chi connectivity index (χ1) is 13.4. The Hall–Kier alpha value is -2.66. The maximum Gasteiger partial charge on any atom is 0.336 e. The van der Waals surface area contributed by atoms with Crippen molar-refractivity contribution in [1.29, 1.82) is 0 Å². The van der Waals surface area contributed by atoms with Crippen LogP contribution in [0.15, 0.2) is 59.8 Å². The van der Waals surface area contributed by atoms with Crippen molar-refractivity contribution in [2.75, 3.05) is 6.61 Å². The minimum absolute atomic E-state index is 0.102. The van der Waals surface area contributed by atoms with Crippen molar-refractivity contribution in [3.63, 3.8) is 0 Å². The fourth-order valence-corrected chi connectivity index (χ4v) is 3.56. The van der Waals surface area contributed by atoms with Gasteiger partial charge in [0.1, 0.15) is 5.82 Å². The van der Waals surface area contributed by atoms with Crippen molar-refractivity contribution >= 4 is 23.5 Å². The van der Waals surface area contributed by atoms with Gasteiger partial charge < -0.3 is 9.64 Å². The first-order valence-corrected chi connectivity index (χ1v) is 9.46. The topological polar surface area (TPSA) is 46.6 Å². The van der Waals surface area contributed by atoms with Gasteiger partial charge in [-0.25, -0.2) is 9.18 Å². The van der Waals surface area contributed by atoms with Crippen molar-refractivity contribution in [3.05, 3.63) is 81.8 Å². The number of carbonyl (C=O) groups excluding carboxylic acids is 2. The Labute approximate surface area is 168 Å². The number of rotatable bonds is 5. The van der Waals surface area contributed by atoms with Crippen molar-refractivity contribution in [2.45, 2.75) is 32.7 Å². The number of hydrogen-bond donors (Lipinski definition) is 0. The van der Waals surface area contributed by atoms with Crippen LogP contribution < -0.4 is 0 Å². The summed E-state index contributed by atoms with van der Waals surface area (Å²) >= 11 is 5.98. The Bertz CT molecular complexity index is 906. The highest BCUT2D eigenvalue weighted by atomic mass is 35.5. The molecule has 1 heterocycles. The van der Waals surface area contributed by atoms with Gasteiger partial charge in [-0.15, -0.1) is 0 Å². The van der Waals surface area contributed by atoms with Crippen LogP contribution in [0, 0.1) is 5.82 Å². The predicted octanol–water partition coefficient (Wildman–Crippen LogP) is 4.83. The molecule has 0 saturated heterocycles. The molecule has 4 nitrogen and oxygen atoms in total. The van der Waals surface area contributed by atoms with Crippen LogP contribution in [0.25, 0.3) is 0 Å². The van der Waals surface area contributed by atoms with Crippen LogP contribution in [-0.2, 0) is 20.9 Å². The van der Waals surface area contributed by atoms with Crippen LogP contribution in [0.4, 0.5) is 4.39 Å². The third-order valence-electron chi connectivity index (χ3n) is 4.84. The molecule has 0 radical (unpaired) electrons. The van der Waals surface area contributed by atoms with E-state index in [4.69, 9.17) is 16.3 Å². The fourth-order valence-electron chi connectivity index (χ4n) is 3.43. The van der Waals surface area contributed by atoms with E-state index in [2.05, 4.69) is 0 Å². The molecule has 0 bridgehead atoms. The molecule has 6 heteroatoms. The van der Waals surface area contributed by atoms with Gasteiger partial charge in [0.25, 0.3) is 0 Å². The number of esters is 1. The largest absolute Gasteiger partial charge is 0.463 e. The van der Waals surface area contributed by atoms with Gasteiger partial charge in [-0.1, -0.05) is 35.9 Å². The number of benzene rings is 2. The van der Waals surface area contributed by atoms with E-state index in [0.29, 0.717) is 16.3 Å². The summed E-state index contributed by atoms with van der Waals surface area (Å²) < 4.78 is 18.4. The summed E-state index contributed by atoms with van der Waals surface area (Å²) in [6.45, 7) is 4.00. The molecule has 0 aliphatic carbocycles. The Morgan fingerprint density at radius 2 is 1.82 bits per heavy atom. The van der Waals surface area contributed by atoms with E-state index in [1.165, 1.54) is 12.1 Å². The van der Waals surface area contributed by atoms with E-state index in [0.717, 1.165) is 11.1 Å². The second kappa shape index (κ2) is 8.57. The minimum Gasteiger partial charge on any atom is -0.463 e. The molecule has 1 atom stereocenters. The SMILES string of the molecule is CCOC(=O)C1=C(C)N(Cc2ccc(F)cc2)C(=O)CC1c1ccc(Cl)cc1. The summed E-state index contributed by atoms with van der Waals surface area (Å²) in [5.41, 5.74) is 2.63. The van der Waals surface area contributed by atoms with E-state index in [1.807, 2.05) is 12.1 Å². The number of hydrogen-bond acceptors (Lipinski definition) is 3. The first kappa shape index (κ1) is 20.1. The van der Waals surface area contributed by atoms with Gasteiger partial charge in [-0.2, -0.15) is 0 Å². The minimum atomic E-state index is -0.434. The normalized spacial score (nSPS) is 17.1. The molecular formula is C22H21ClFNO3. The number of carbonyl (C=O) groups is 2. The van der Waals surface area contributed by atoms with E-state index < -0.39 is 11.9 Å². The zero-order chi connectivity index (χ0) is 20.3. The Morgan fingerprint density at radius 3 is 2.43 bits per heavy atom. The van der Waals surface area contributed by atoms with Gasteiger partial charge in [0.05, 0.1) is 18.7 Å². The first-order valence-electron chi connectivity index (χ1n) is 9.08. The van der Waals surface area contributed by atoms with E-state index in [1.54, 1.807) is 43.0 Å². The summed E-state index contributed by atoms with van der Waals surface area (Å²) in [5.74, 6) is -1.27. The standard InChI is InChI=1S/C22H21ClFNO3/c1-3-28-22(27)21-14(2)25(13-15-4-10-18(24)11-5-15)20(26)12-19(21)16-6-8-17(23)9-7-16/h4-11,19H,3,12-13H2,1-2H3. The molecule has 1 aliphatic rings. The number of halogens is 2. The van der Waals surface area contributed by atoms with Crippen molar-refractivity contribution in [3.8, 4) is 0 Å². The molecular weight excluding hydrogens is 381 g/mol.